The average molecular weight is 246 g/mol. The van der Waals surface area contributed by atoms with Crippen LogP contribution in [0.5, 0.6) is 0 Å². The highest BCUT2D eigenvalue weighted by molar-refractivity contribution is 6.29. The summed E-state index contributed by atoms with van der Waals surface area (Å²) in [6, 6.07) is 10.9. The molecule has 0 atom stereocenters. The number of carbonyl (C=O) groups excluding carboxylic acids is 1. The third-order valence-electron chi connectivity index (χ3n) is 2.61. The summed E-state index contributed by atoms with van der Waals surface area (Å²) in [4.78, 5) is 16.0. The number of aromatic nitrogens is 1. The van der Waals surface area contributed by atoms with Crippen LogP contribution in [0.4, 0.5) is 0 Å². The highest BCUT2D eigenvalue weighted by Crippen LogP contribution is 2.12. The largest absolute Gasteiger partial charge is 0.289 e. The molecule has 2 aromatic rings. The Balaban J connectivity index is 2.27. The number of hydrogen-bond acceptors (Lipinski definition) is 2. The van der Waals surface area contributed by atoms with Crippen LogP contribution >= 0.6 is 11.6 Å². The lowest BCUT2D eigenvalue weighted by atomic mass is 10.0. The van der Waals surface area contributed by atoms with Crippen molar-refractivity contribution in [2.24, 2.45) is 0 Å². The van der Waals surface area contributed by atoms with Crippen LogP contribution in [0.15, 0.2) is 42.6 Å². The second-order valence-electron chi connectivity index (χ2n) is 3.75. The third kappa shape index (κ3) is 2.71. The predicted octanol–water partition coefficient (Wildman–Crippen LogP) is 3.53. The molecule has 0 bridgehead atoms. The highest BCUT2D eigenvalue weighted by Gasteiger charge is 2.08. The molecule has 86 valence electrons. The SMILES string of the molecule is CCc1ccc(C(=O)c2ccc(Cl)nc2)cc1. The van der Waals surface area contributed by atoms with Gasteiger partial charge >= 0.3 is 0 Å². The molecule has 0 saturated heterocycles. The molecule has 2 nitrogen and oxygen atoms in total. The molecule has 0 spiro atoms. The zero-order valence-corrected chi connectivity index (χ0v) is 10.2. The van der Waals surface area contributed by atoms with Gasteiger partial charge in [-0.25, -0.2) is 4.98 Å². The van der Waals surface area contributed by atoms with E-state index in [1.165, 1.54) is 11.8 Å². The van der Waals surface area contributed by atoms with Gasteiger partial charge in [0.15, 0.2) is 5.78 Å². The molecule has 3 heteroatoms. The van der Waals surface area contributed by atoms with Gasteiger partial charge in [-0.15, -0.1) is 0 Å². The molecule has 2 rings (SSSR count). The van der Waals surface area contributed by atoms with E-state index in [1.807, 2.05) is 24.3 Å². The van der Waals surface area contributed by atoms with E-state index in [0.717, 1.165) is 6.42 Å². The summed E-state index contributed by atoms with van der Waals surface area (Å²) >= 11 is 5.68. The Hall–Kier alpha value is -1.67. The number of halogens is 1. The van der Waals surface area contributed by atoms with E-state index < -0.39 is 0 Å². The molecule has 1 heterocycles. The van der Waals surface area contributed by atoms with Gasteiger partial charge in [0.2, 0.25) is 0 Å². The summed E-state index contributed by atoms with van der Waals surface area (Å²) < 4.78 is 0. The topological polar surface area (TPSA) is 30.0 Å². The minimum absolute atomic E-state index is 0.0307. The fraction of sp³-hybridized carbons (Fsp3) is 0.143. The van der Waals surface area contributed by atoms with Crippen molar-refractivity contribution < 1.29 is 4.79 Å². The summed E-state index contributed by atoms with van der Waals surface area (Å²) in [5.41, 5.74) is 2.45. The zero-order valence-electron chi connectivity index (χ0n) is 9.48. The number of benzene rings is 1. The molecule has 1 aromatic heterocycles. The quantitative estimate of drug-likeness (QED) is 0.612. The molecular weight excluding hydrogens is 234 g/mol. The van der Waals surface area contributed by atoms with Gasteiger partial charge in [0.25, 0.3) is 0 Å². The van der Waals surface area contributed by atoms with E-state index in [-0.39, 0.29) is 5.78 Å². The normalized spacial score (nSPS) is 10.2. The van der Waals surface area contributed by atoms with Gasteiger partial charge in [-0.2, -0.15) is 0 Å². The van der Waals surface area contributed by atoms with Crippen LogP contribution in [-0.2, 0) is 6.42 Å². The molecule has 0 unspecified atom stereocenters. The molecule has 17 heavy (non-hydrogen) atoms. The third-order valence-corrected chi connectivity index (χ3v) is 2.84. The lowest BCUT2D eigenvalue weighted by Gasteiger charge is -2.02. The molecule has 0 fully saturated rings. The van der Waals surface area contributed by atoms with E-state index in [4.69, 9.17) is 11.6 Å². The Morgan fingerprint density at radius 3 is 2.29 bits per heavy atom. The van der Waals surface area contributed by atoms with Crippen molar-refractivity contribution >= 4 is 17.4 Å². The number of ketones is 1. The molecule has 0 N–H and O–H groups in total. The van der Waals surface area contributed by atoms with Gasteiger partial charge in [-0.1, -0.05) is 42.8 Å². The maximum atomic E-state index is 12.1. The molecule has 0 amide bonds. The standard InChI is InChI=1S/C14H12ClNO/c1-2-10-3-5-11(6-4-10)14(17)12-7-8-13(15)16-9-12/h3-9H,2H2,1H3. The minimum atomic E-state index is -0.0307. The molecule has 0 saturated carbocycles. The van der Waals surface area contributed by atoms with Crippen LogP contribution in [0.2, 0.25) is 5.15 Å². The zero-order chi connectivity index (χ0) is 12.3. The first kappa shape index (κ1) is 11.8. The lowest BCUT2D eigenvalue weighted by molar-refractivity contribution is 0.103. The van der Waals surface area contributed by atoms with Gasteiger partial charge in [0, 0.05) is 17.3 Å². The van der Waals surface area contributed by atoms with Gasteiger partial charge in [0.1, 0.15) is 5.15 Å². The summed E-state index contributed by atoms with van der Waals surface area (Å²) in [6.07, 6.45) is 2.47. The Labute approximate surface area is 105 Å². The molecule has 0 aliphatic carbocycles. The smallest absolute Gasteiger partial charge is 0.194 e. The van der Waals surface area contributed by atoms with Gasteiger partial charge < -0.3 is 0 Å². The Morgan fingerprint density at radius 2 is 1.76 bits per heavy atom. The minimum Gasteiger partial charge on any atom is -0.289 e. The summed E-state index contributed by atoms with van der Waals surface area (Å²) in [5, 5.41) is 0.392. The Kier molecular flexibility index (Phi) is 3.55. The first-order valence-electron chi connectivity index (χ1n) is 5.46. The molecule has 0 aliphatic rings. The highest BCUT2D eigenvalue weighted by atomic mass is 35.5. The number of pyridine rings is 1. The molecule has 0 radical (unpaired) electrons. The number of nitrogens with zero attached hydrogens (tertiary/aromatic N) is 1. The summed E-state index contributed by atoms with van der Waals surface area (Å²) in [7, 11) is 0. The van der Waals surface area contributed by atoms with E-state index in [9.17, 15) is 4.79 Å². The van der Waals surface area contributed by atoms with Crippen LogP contribution < -0.4 is 0 Å². The lowest BCUT2D eigenvalue weighted by Crippen LogP contribution is -2.01. The van der Waals surface area contributed by atoms with Gasteiger partial charge in [0.05, 0.1) is 0 Å². The number of rotatable bonds is 3. The maximum absolute atomic E-state index is 12.1. The second kappa shape index (κ2) is 5.11. The van der Waals surface area contributed by atoms with E-state index >= 15 is 0 Å². The van der Waals surface area contributed by atoms with E-state index in [0.29, 0.717) is 16.3 Å². The summed E-state index contributed by atoms with van der Waals surface area (Å²) in [6.45, 7) is 2.08. The van der Waals surface area contributed by atoms with Gasteiger partial charge in [-0.3, -0.25) is 4.79 Å². The van der Waals surface area contributed by atoms with Crippen LogP contribution in [0.25, 0.3) is 0 Å². The number of aryl methyl sites for hydroxylation is 1. The van der Waals surface area contributed by atoms with Crippen LogP contribution in [-0.4, -0.2) is 10.8 Å². The van der Waals surface area contributed by atoms with Crippen LogP contribution in [0.1, 0.15) is 28.4 Å². The van der Waals surface area contributed by atoms with Crippen molar-refractivity contribution in [2.45, 2.75) is 13.3 Å². The van der Waals surface area contributed by atoms with E-state index in [2.05, 4.69) is 11.9 Å². The second-order valence-corrected chi connectivity index (χ2v) is 4.14. The van der Waals surface area contributed by atoms with Crippen LogP contribution in [0.3, 0.4) is 0 Å². The van der Waals surface area contributed by atoms with Crippen molar-refractivity contribution in [3.05, 3.63) is 64.4 Å². The maximum Gasteiger partial charge on any atom is 0.194 e. The fourth-order valence-electron chi connectivity index (χ4n) is 1.57. The molecule has 0 aliphatic heterocycles. The van der Waals surface area contributed by atoms with Crippen molar-refractivity contribution in [2.75, 3.05) is 0 Å². The van der Waals surface area contributed by atoms with E-state index in [1.54, 1.807) is 12.1 Å². The van der Waals surface area contributed by atoms with Crippen molar-refractivity contribution in [3.63, 3.8) is 0 Å². The molecule has 1 aromatic carbocycles. The average Bonchev–Trinajstić information content (AvgIpc) is 2.39. The monoisotopic (exact) mass is 245 g/mol. The predicted molar refractivity (Wildman–Crippen MR) is 68.5 cm³/mol. The van der Waals surface area contributed by atoms with Gasteiger partial charge in [-0.05, 0) is 24.1 Å². The summed E-state index contributed by atoms with van der Waals surface area (Å²) in [5.74, 6) is -0.0307. The van der Waals surface area contributed by atoms with Crippen LogP contribution in [0, 0.1) is 0 Å². The first-order valence-corrected chi connectivity index (χ1v) is 5.83. The molecular formula is C14H12ClNO. The Morgan fingerprint density at radius 1 is 1.12 bits per heavy atom. The first-order chi connectivity index (χ1) is 8.20. The van der Waals surface area contributed by atoms with Crippen molar-refractivity contribution in [3.8, 4) is 0 Å². The Bertz CT molecular complexity index is 517. The van der Waals surface area contributed by atoms with Crippen molar-refractivity contribution in [1.29, 1.82) is 0 Å². The number of carbonyl (C=O) groups is 1. The fourth-order valence-corrected chi connectivity index (χ4v) is 1.68. The number of hydrogen-bond donors (Lipinski definition) is 0. The van der Waals surface area contributed by atoms with Crippen molar-refractivity contribution in [1.82, 2.24) is 4.98 Å².